The summed E-state index contributed by atoms with van der Waals surface area (Å²) in [5.74, 6) is 1.97. The van der Waals surface area contributed by atoms with Gasteiger partial charge in [0.25, 0.3) is 5.91 Å². The van der Waals surface area contributed by atoms with Crippen molar-refractivity contribution in [3.8, 4) is 0 Å². The van der Waals surface area contributed by atoms with Crippen molar-refractivity contribution in [1.29, 1.82) is 0 Å². The molecule has 0 spiro atoms. The number of hydrogen-bond donors (Lipinski definition) is 0. The maximum atomic E-state index is 13.4. The minimum absolute atomic E-state index is 0.0927. The highest BCUT2D eigenvalue weighted by atomic mass is 19.1. The van der Waals surface area contributed by atoms with Crippen LogP contribution >= 0.6 is 0 Å². The molecular weight excluding hydrogens is 345 g/mol. The minimum Gasteiger partial charge on any atom is -0.339 e. The molecule has 0 radical (unpaired) electrons. The molecule has 1 aromatic heterocycles. The number of likely N-dealkylation sites (tertiary alicyclic amines) is 1. The van der Waals surface area contributed by atoms with Gasteiger partial charge in [0.1, 0.15) is 17.5 Å². The van der Waals surface area contributed by atoms with E-state index in [2.05, 4.69) is 19.7 Å². The third kappa shape index (κ3) is 3.88. The van der Waals surface area contributed by atoms with Gasteiger partial charge in [0.2, 0.25) is 0 Å². The highest BCUT2D eigenvalue weighted by molar-refractivity contribution is 5.94. The Hall–Kier alpha value is -2.28. The second kappa shape index (κ2) is 7.38. The molecule has 1 saturated carbocycles. The molecule has 2 aromatic rings. The molecule has 6 nitrogen and oxygen atoms in total. The maximum absolute atomic E-state index is 13.4. The summed E-state index contributed by atoms with van der Waals surface area (Å²) in [5, 5.41) is 8.98. The number of halogens is 1. The number of hydrogen-bond acceptors (Lipinski definition) is 4. The van der Waals surface area contributed by atoms with Crippen LogP contribution in [0, 0.1) is 5.82 Å². The second-order valence-electron chi connectivity index (χ2n) is 7.89. The Kier molecular flexibility index (Phi) is 4.95. The molecule has 2 aliphatic rings. The normalized spacial score (nSPS) is 18.3. The quantitative estimate of drug-likeness (QED) is 0.811. The first-order valence-corrected chi connectivity index (χ1v) is 9.66. The van der Waals surface area contributed by atoms with Gasteiger partial charge in [-0.3, -0.25) is 4.79 Å². The molecule has 1 amide bonds. The highest BCUT2D eigenvalue weighted by Gasteiger charge is 2.34. The third-order valence-electron chi connectivity index (χ3n) is 5.38. The molecule has 144 valence electrons. The molecule has 4 rings (SSSR count). The summed E-state index contributed by atoms with van der Waals surface area (Å²) in [7, 11) is 4.09. The number of benzene rings is 1. The first kappa shape index (κ1) is 18.1. The van der Waals surface area contributed by atoms with E-state index < -0.39 is 0 Å². The molecule has 0 atom stereocenters. The topological polar surface area (TPSA) is 54.3 Å². The smallest absolute Gasteiger partial charge is 0.253 e. The third-order valence-corrected chi connectivity index (χ3v) is 5.38. The van der Waals surface area contributed by atoms with Crippen molar-refractivity contribution in [1.82, 2.24) is 24.6 Å². The fourth-order valence-corrected chi connectivity index (χ4v) is 3.88. The van der Waals surface area contributed by atoms with E-state index in [1.54, 1.807) is 12.1 Å². The van der Waals surface area contributed by atoms with Crippen LogP contribution in [-0.4, -0.2) is 57.7 Å². The Morgan fingerprint density at radius 3 is 2.56 bits per heavy atom. The zero-order chi connectivity index (χ0) is 19.0. The highest BCUT2D eigenvalue weighted by Crippen LogP contribution is 2.40. The zero-order valence-corrected chi connectivity index (χ0v) is 15.9. The van der Waals surface area contributed by atoms with Crippen molar-refractivity contribution in [3.63, 3.8) is 0 Å². The molecule has 2 heterocycles. The minimum atomic E-state index is -0.373. The van der Waals surface area contributed by atoms with Gasteiger partial charge < -0.3 is 14.4 Å². The van der Waals surface area contributed by atoms with E-state index in [9.17, 15) is 9.18 Å². The Bertz CT molecular complexity index is 822. The van der Waals surface area contributed by atoms with Crippen LogP contribution in [0.25, 0.3) is 0 Å². The van der Waals surface area contributed by atoms with E-state index in [4.69, 9.17) is 0 Å². The Morgan fingerprint density at radius 2 is 1.93 bits per heavy atom. The number of nitrogens with zero attached hydrogens (tertiary/aromatic N) is 5. The number of amides is 1. The van der Waals surface area contributed by atoms with Crippen molar-refractivity contribution in [2.75, 3.05) is 27.2 Å². The Balaban J connectivity index is 1.45. The summed E-state index contributed by atoms with van der Waals surface area (Å²) in [6.07, 6.45) is 4.13. The van der Waals surface area contributed by atoms with Crippen LogP contribution in [0.4, 0.5) is 4.39 Å². The molecule has 1 aliphatic carbocycles. The van der Waals surface area contributed by atoms with Crippen LogP contribution < -0.4 is 0 Å². The lowest BCUT2D eigenvalue weighted by molar-refractivity contribution is 0.0709. The average Bonchev–Trinajstić information content (AvgIpc) is 3.41. The summed E-state index contributed by atoms with van der Waals surface area (Å²) in [6.45, 7) is 2.13. The van der Waals surface area contributed by atoms with E-state index >= 15 is 0 Å². The van der Waals surface area contributed by atoms with Gasteiger partial charge in [-0.25, -0.2) is 4.39 Å². The van der Waals surface area contributed by atoms with E-state index in [0.717, 1.165) is 31.0 Å². The lowest BCUT2D eigenvalue weighted by atomic mass is 9.95. The Morgan fingerprint density at radius 1 is 1.19 bits per heavy atom. The van der Waals surface area contributed by atoms with Crippen molar-refractivity contribution in [2.24, 2.45) is 0 Å². The van der Waals surface area contributed by atoms with Crippen LogP contribution in [0.15, 0.2) is 24.3 Å². The standard InChI is InChI=1S/C20H26FN5O/c1-24(2)13-18-22-23-19(26(18)17-6-7-17)14-8-10-25(11-9-14)20(27)15-4-3-5-16(21)12-15/h3-5,12,14,17H,6-11,13H2,1-2H3. The predicted molar refractivity (Wildman–Crippen MR) is 100.0 cm³/mol. The van der Waals surface area contributed by atoms with E-state index in [0.29, 0.717) is 30.6 Å². The molecule has 2 fully saturated rings. The fraction of sp³-hybridized carbons (Fsp3) is 0.550. The molecule has 0 bridgehead atoms. The van der Waals surface area contributed by atoms with Crippen molar-refractivity contribution >= 4 is 5.91 Å². The first-order chi connectivity index (χ1) is 13.0. The van der Waals surface area contributed by atoms with Gasteiger partial charge in [-0.2, -0.15) is 0 Å². The first-order valence-electron chi connectivity index (χ1n) is 9.66. The number of carbonyl (C=O) groups excluding carboxylic acids is 1. The SMILES string of the molecule is CN(C)Cc1nnc(C2CCN(C(=O)c3cccc(F)c3)CC2)n1C1CC1. The summed E-state index contributed by atoms with van der Waals surface area (Å²) < 4.78 is 15.7. The molecule has 0 N–H and O–H groups in total. The molecule has 27 heavy (non-hydrogen) atoms. The lowest BCUT2D eigenvalue weighted by Crippen LogP contribution is -2.38. The number of rotatable bonds is 5. The number of aromatic nitrogens is 3. The lowest BCUT2D eigenvalue weighted by Gasteiger charge is -2.32. The predicted octanol–water partition coefficient (Wildman–Crippen LogP) is 2.83. The zero-order valence-electron chi connectivity index (χ0n) is 15.9. The summed E-state index contributed by atoms with van der Waals surface area (Å²) in [4.78, 5) is 16.6. The van der Waals surface area contributed by atoms with Gasteiger partial charge in [0.05, 0.1) is 6.54 Å². The van der Waals surface area contributed by atoms with Crippen LogP contribution in [-0.2, 0) is 6.54 Å². The summed E-state index contributed by atoms with van der Waals surface area (Å²) in [5.41, 5.74) is 0.419. The van der Waals surface area contributed by atoms with Crippen LogP contribution in [0.2, 0.25) is 0 Å². The van der Waals surface area contributed by atoms with Crippen LogP contribution in [0.3, 0.4) is 0 Å². The van der Waals surface area contributed by atoms with Crippen LogP contribution in [0.5, 0.6) is 0 Å². The number of piperidine rings is 1. The van der Waals surface area contributed by atoms with Gasteiger partial charge in [0.15, 0.2) is 0 Å². The monoisotopic (exact) mass is 371 g/mol. The molecule has 1 aromatic carbocycles. The van der Waals surface area contributed by atoms with Gasteiger partial charge >= 0.3 is 0 Å². The molecule has 1 aliphatic heterocycles. The van der Waals surface area contributed by atoms with Crippen LogP contribution in [0.1, 0.15) is 59.6 Å². The van der Waals surface area contributed by atoms with Crippen molar-refractivity contribution < 1.29 is 9.18 Å². The fourth-order valence-electron chi connectivity index (χ4n) is 3.88. The van der Waals surface area contributed by atoms with E-state index in [1.165, 1.54) is 25.0 Å². The Labute approximate surface area is 159 Å². The second-order valence-corrected chi connectivity index (χ2v) is 7.89. The number of carbonyl (C=O) groups is 1. The average molecular weight is 371 g/mol. The summed E-state index contributed by atoms with van der Waals surface area (Å²) >= 11 is 0. The van der Waals surface area contributed by atoms with Gasteiger partial charge in [-0.15, -0.1) is 10.2 Å². The maximum Gasteiger partial charge on any atom is 0.253 e. The van der Waals surface area contributed by atoms with E-state index in [1.807, 2.05) is 19.0 Å². The molecule has 1 saturated heterocycles. The summed E-state index contributed by atoms with van der Waals surface area (Å²) in [6, 6.07) is 6.47. The molecule has 0 unspecified atom stereocenters. The van der Waals surface area contributed by atoms with Crippen molar-refractivity contribution in [3.05, 3.63) is 47.3 Å². The molecular formula is C20H26FN5O. The molecule has 7 heteroatoms. The largest absolute Gasteiger partial charge is 0.339 e. The van der Waals surface area contributed by atoms with Gasteiger partial charge in [-0.05, 0) is 58.0 Å². The van der Waals surface area contributed by atoms with Gasteiger partial charge in [-0.1, -0.05) is 6.07 Å². The van der Waals surface area contributed by atoms with E-state index in [-0.39, 0.29) is 11.7 Å². The van der Waals surface area contributed by atoms with Crippen molar-refractivity contribution in [2.45, 2.75) is 44.2 Å². The van der Waals surface area contributed by atoms with Gasteiger partial charge in [0, 0.05) is 30.6 Å².